The van der Waals surface area contributed by atoms with E-state index in [4.69, 9.17) is 4.98 Å². The Hall–Kier alpha value is -3.76. The zero-order chi connectivity index (χ0) is 25.4. The van der Waals surface area contributed by atoms with Gasteiger partial charge in [-0.25, -0.2) is 19.9 Å². The van der Waals surface area contributed by atoms with Crippen LogP contribution < -0.4 is 10.1 Å². The smallest absolute Gasteiger partial charge is 0.388 e. The maximum atomic E-state index is 13.3. The molecule has 188 valence electrons. The van der Waals surface area contributed by atoms with Crippen molar-refractivity contribution in [3.8, 4) is 17.3 Å². The highest BCUT2D eigenvalue weighted by Gasteiger charge is 2.43. The maximum Gasteiger partial charge on any atom is 0.388 e. The van der Waals surface area contributed by atoms with Gasteiger partial charge in [-0.05, 0) is 57.7 Å². The lowest BCUT2D eigenvalue weighted by Gasteiger charge is -2.36. The lowest BCUT2D eigenvalue weighted by atomic mass is 9.86. The first-order valence-electron chi connectivity index (χ1n) is 11.9. The number of aromatic nitrogens is 5. The van der Waals surface area contributed by atoms with Gasteiger partial charge in [-0.3, -0.25) is 4.79 Å². The Labute approximate surface area is 207 Å². The number of alkyl halides is 2. The van der Waals surface area contributed by atoms with Gasteiger partial charge in [-0.1, -0.05) is 0 Å². The normalized spacial score (nSPS) is 19.8. The third-order valence-electron chi connectivity index (χ3n) is 6.88. The van der Waals surface area contributed by atoms with Crippen LogP contribution in [0.5, 0.6) is 5.88 Å². The number of anilines is 1. The number of carbonyl (C=O) groups is 1. The van der Waals surface area contributed by atoms with Crippen molar-refractivity contribution in [2.75, 3.05) is 18.4 Å². The third-order valence-corrected chi connectivity index (χ3v) is 6.88. The molecule has 0 saturated carbocycles. The second kappa shape index (κ2) is 9.36. The lowest BCUT2D eigenvalue weighted by Crippen LogP contribution is -2.46. The second-order valence-electron chi connectivity index (χ2n) is 9.40. The van der Waals surface area contributed by atoms with Crippen molar-refractivity contribution in [2.45, 2.75) is 58.1 Å². The molecule has 36 heavy (non-hydrogen) atoms. The molecule has 1 spiro atoms. The number of amides is 1. The van der Waals surface area contributed by atoms with Crippen molar-refractivity contribution in [1.29, 1.82) is 0 Å². The molecule has 0 unspecified atom stereocenters. The molecule has 2 aliphatic heterocycles. The number of nitrogens with zero attached hydrogens (tertiary/aromatic N) is 6. The van der Waals surface area contributed by atoms with Crippen LogP contribution in [-0.2, 0) is 11.2 Å². The van der Waals surface area contributed by atoms with E-state index in [1.807, 2.05) is 11.8 Å². The van der Waals surface area contributed by atoms with E-state index < -0.39 is 12.5 Å². The predicted octanol–water partition coefficient (Wildman–Crippen LogP) is 3.68. The minimum atomic E-state index is -3.00. The van der Waals surface area contributed by atoms with E-state index in [0.29, 0.717) is 24.6 Å². The third kappa shape index (κ3) is 4.69. The average Bonchev–Trinajstić information content (AvgIpc) is 3.25. The quantitative estimate of drug-likeness (QED) is 0.572. The van der Waals surface area contributed by atoms with Crippen molar-refractivity contribution in [3.05, 3.63) is 53.4 Å². The first-order chi connectivity index (χ1) is 17.2. The molecule has 5 heterocycles. The summed E-state index contributed by atoms with van der Waals surface area (Å²) in [6, 6.07) is 5.19. The Balaban J connectivity index is 1.31. The highest BCUT2D eigenvalue weighted by molar-refractivity contribution is 5.83. The number of likely N-dealkylation sites (tertiary alicyclic amines) is 1. The molecule has 3 aromatic rings. The highest BCUT2D eigenvalue weighted by Crippen LogP contribution is 2.38. The van der Waals surface area contributed by atoms with Gasteiger partial charge in [-0.15, -0.1) is 0 Å². The van der Waals surface area contributed by atoms with Gasteiger partial charge in [0, 0.05) is 37.1 Å². The number of rotatable bonds is 5. The van der Waals surface area contributed by atoms with Crippen molar-refractivity contribution < 1.29 is 18.3 Å². The number of fused-ring (bicyclic) bond motifs is 1. The fraction of sp³-hybridized carbons (Fsp3) is 0.440. The molecule has 9 nitrogen and oxygen atoms in total. The molecule has 2 atom stereocenters. The summed E-state index contributed by atoms with van der Waals surface area (Å²) in [5, 5.41) is 3.62. The molecule has 0 bridgehead atoms. The van der Waals surface area contributed by atoms with Crippen LogP contribution in [0, 0.1) is 13.8 Å². The Morgan fingerprint density at radius 1 is 1.14 bits per heavy atom. The van der Waals surface area contributed by atoms with Gasteiger partial charge in [0.15, 0.2) is 5.82 Å². The molecular formula is C25H27F2N7O2. The van der Waals surface area contributed by atoms with Gasteiger partial charge < -0.3 is 15.0 Å². The molecule has 0 aromatic carbocycles. The Bertz CT molecular complexity index is 1290. The molecule has 1 fully saturated rings. The summed E-state index contributed by atoms with van der Waals surface area (Å²) in [6.07, 6.45) is 5.91. The van der Waals surface area contributed by atoms with Gasteiger partial charge in [0.05, 0.1) is 22.8 Å². The van der Waals surface area contributed by atoms with Crippen LogP contribution in [0.25, 0.3) is 11.4 Å². The summed E-state index contributed by atoms with van der Waals surface area (Å²) in [5.74, 6) is 0.790. The van der Waals surface area contributed by atoms with Crippen LogP contribution in [0.3, 0.4) is 0 Å². The van der Waals surface area contributed by atoms with Crippen molar-refractivity contribution in [3.63, 3.8) is 0 Å². The molecule has 1 saturated heterocycles. The molecule has 0 radical (unpaired) electrons. The van der Waals surface area contributed by atoms with Crippen molar-refractivity contribution in [2.24, 2.45) is 0 Å². The highest BCUT2D eigenvalue weighted by atomic mass is 19.3. The molecular weight excluding hydrogens is 468 g/mol. The van der Waals surface area contributed by atoms with E-state index in [1.165, 1.54) is 6.07 Å². The molecule has 2 aliphatic rings. The Kier molecular flexibility index (Phi) is 6.23. The summed E-state index contributed by atoms with van der Waals surface area (Å²) in [6.45, 7) is 3.37. The van der Waals surface area contributed by atoms with Crippen LogP contribution in [0.1, 0.15) is 48.5 Å². The van der Waals surface area contributed by atoms with Crippen LogP contribution in [0.2, 0.25) is 0 Å². The van der Waals surface area contributed by atoms with Crippen LogP contribution >= 0.6 is 0 Å². The molecule has 1 N–H and O–H groups in total. The van der Waals surface area contributed by atoms with Gasteiger partial charge >= 0.3 is 6.61 Å². The molecule has 5 rings (SSSR count). The number of carbonyl (C=O) groups excluding carboxylic acids is 1. The van der Waals surface area contributed by atoms with Gasteiger partial charge in [0.25, 0.3) is 0 Å². The molecule has 11 heteroatoms. The van der Waals surface area contributed by atoms with Crippen molar-refractivity contribution in [1.82, 2.24) is 29.8 Å². The summed E-state index contributed by atoms with van der Waals surface area (Å²) in [4.78, 5) is 36.8. The van der Waals surface area contributed by atoms with E-state index in [2.05, 4.69) is 36.1 Å². The Morgan fingerprint density at radius 3 is 2.67 bits per heavy atom. The maximum absolute atomic E-state index is 13.3. The molecule has 1 amide bonds. The van der Waals surface area contributed by atoms with Gasteiger partial charge in [-0.2, -0.15) is 13.8 Å². The fourth-order valence-electron chi connectivity index (χ4n) is 5.00. The van der Waals surface area contributed by atoms with E-state index in [9.17, 15) is 13.6 Å². The largest absolute Gasteiger partial charge is 0.417 e. The molecule has 3 aromatic heterocycles. The minimum absolute atomic E-state index is 0.110. The summed E-state index contributed by atoms with van der Waals surface area (Å²) in [7, 11) is 0. The minimum Gasteiger partial charge on any atom is -0.417 e. The number of hydrogen-bond acceptors (Lipinski definition) is 8. The summed E-state index contributed by atoms with van der Waals surface area (Å²) in [5.41, 5.74) is 2.95. The number of halogens is 2. The topological polar surface area (TPSA) is 106 Å². The van der Waals surface area contributed by atoms with Crippen LogP contribution in [-0.4, -0.2) is 61.0 Å². The monoisotopic (exact) mass is 495 g/mol. The van der Waals surface area contributed by atoms with E-state index >= 15 is 0 Å². The average molecular weight is 496 g/mol. The zero-order valence-electron chi connectivity index (χ0n) is 20.3. The number of hydrogen-bond donors (Lipinski definition) is 1. The van der Waals surface area contributed by atoms with Crippen LogP contribution in [0.15, 0.2) is 30.6 Å². The summed E-state index contributed by atoms with van der Waals surface area (Å²) >= 11 is 0. The lowest BCUT2D eigenvalue weighted by molar-refractivity contribution is -0.131. The van der Waals surface area contributed by atoms with E-state index in [-0.39, 0.29) is 23.2 Å². The first-order valence-corrected chi connectivity index (χ1v) is 11.9. The number of aryl methyl sites for hydroxylation is 3. The van der Waals surface area contributed by atoms with Gasteiger partial charge in [0.1, 0.15) is 11.6 Å². The van der Waals surface area contributed by atoms with Crippen molar-refractivity contribution >= 4 is 11.7 Å². The Morgan fingerprint density at radius 2 is 1.92 bits per heavy atom. The second-order valence-corrected chi connectivity index (χ2v) is 9.40. The number of nitrogens with one attached hydrogen (secondary N) is 1. The van der Waals surface area contributed by atoms with Crippen LogP contribution in [0.4, 0.5) is 14.6 Å². The van der Waals surface area contributed by atoms with E-state index in [1.54, 1.807) is 32.3 Å². The first kappa shape index (κ1) is 24.0. The van der Waals surface area contributed by atoms with E-state index in [0.717, 1.165) is 41.9 Å². The summed E-state index contributed by atoms with van der Waals surface area (Å²) < 4.78 is 29.7. The number of pyridine rings is 1. The van der Waals surface area contributed by atoms with Gasteiger partial charge in [0.2, 0.25) is 11.8 Å². The molecule has 0 aliphatic carbocycles. The zero-order valence-corrected chi connectivity index (χ0v) is 20.3. The number of ether oxygens (including phenoxy) is 1. The standard InChI is InChI=1S/C25H27F2N7O2/c1-14(19-12-20(36-24(26)27)32-16(3)31-19)23(35)34-10-7-25(13-34)6-5-17-11-18(15(2)30-21(17)33-25)22-28-8-4-9-29-22/h4,8-9,11-12,14,24H,5-7,10,13H2,1-3H3,(H,30,33)/t14-,25+/m1/s1. The fourth-order valence-corrected chi connectivity index (χ4v) is 5.00. The SMILES string of the molecule is Cc1nc(OC(F)F)cc([C@@H](C)C(=O)N2CC[C@@]3(CCc4cc(-c5ncccn5)c(C)nc4N3)C2)n1. The predicted molar refractivity (Wildman–Crippen MR) is 128 cm³/mol.